The molecule has 2 amide bonds. The number of carbonyl (C=O) groups is 1. The summed E-state index contributed by atoms with van der Waals surface area (Å²) in [5.41, 5.74) is 0. The average Bonchev–Trinajstić information content (AvgIpc) is 2.97. The molecule has 2 aromatic rings. The topological polar surface area (TPSA) is 35.6 Å². The van der Waals surface area contributed by atoms with Gasteiger partial charge in [-0.05, 0) is 49.4 Å². The molecule has 1 aromatic heterocycles. The normalized spacial score (nSPS) is 25.9. The van der Waals surface area contributed by atoms with Gasteiger partial charge in [-0.3, -0.25) is 5.32 Å². The lowest BCUT2D eigenvalue weighted by molar-refractivity contribution is 0.0336. The van der Waals surface area contributed by atoms with E-state index in [1.165, 1.54) is 36.0 Å². The smallest absolute Gasteiger partial charge is 0.322 e. The average molecular weight is 352 g/mol. The predicted molar refractivity (Wildman–Crippen MR) is 98.8 cm³/mol. The van der Waals surface area contributed by atoms with Crippen molar-refractivity contribution in [2.45, 2.75) is 18.9 Å². The number of nitrogens with one attached hydrogen (secondary N) is 1. The Hall–Kier alpha value is -1.30. The second-order valence-electron chi connectivity index (χ2n) is 6.39. The zero-order valence-electron chi connectivity index (χ0n) is 13.2. The van der Waals surface area contributed by atoms with Crippen LogP contribution in [-0.4, -0.2) is 48.6 Å². The Balaban J connectivity index is 0.00000156. The van der Waals surface area contributed by atoms with Crippen LogP contribution in [0.25, 0.3) is 10.1 Å². The molecule has 3 saturated heterocycles. The molecule has 3 aliphatic heterocycles. The molecule has 4 nitrogen and oxygen atoms in total. The monoisotopic (exact) mass is 351 g/mol. The van der Waals surface area contributed by atoms with Gasteiger partial charge in [-0.1, -0.05) is 18.2 Å². The molecule has 0 spiro atoms. The lowest BCUT2D eigenvalue weighted by Gasteiger charge is -2.47. The zero-order chi connectivity index (χ0) is 15.1. The van der Waals surface area contributed by atoms with E-state index in [2.05, 4.69) is 28.4 Å². The van der Waals surface area contributed by atoms with Crippen LogP contribution in [0, 0.1) is 5.92 Å². The number of piperidine rings is 3. The van der Waals surface area contributed by atoms with Crippen molar-refractivity contribution in [2.24, 2.45) is 5.92 Å². The van der Waals surface area contributed by atoms with Gasteiger partial charge in [-0.15, -0.1) is 23.7 Å². The Morgan fingerprint density at radius 2 is 2.04 bits per heavy atom. The molecule has 4 heterocycles. The van der Waals surface area contributed by atoms with Gasteiger partial charge in [-0.25, -0.2) is 4.79 Å². The van der Waals surface area contributed by atoms with E-state index in [-0.39, 0.29) is 18.4 Å². The summed E-state index contributed by atoms with van der Waals surface area (Å²) in [6.07, 6.45) is 2.45. The fraction of sp³-hybridized carbons (Fsp3) is 0.471. The lowest BCUT2D eigenvalue weighted by Crippen LogP contribution is -2.58. The van der Waals surface area contributed by atoms with E-state index in [4.69, 9.17) is 0 Å². The second-order valence-corrected chi connectivity index (χ2v) is 7.48. The van der Waals surface area contributed by atoms with Crippen molar-refractivity contribution in [1.82, 2.24) is 9.80 Å². The Morgan fingerprint density at radius 1 is 1.30 bits per heavy atom. The molecular weight excluding hydrogens is 330 g/mol. The molecule has 0 aliphatic carbocycles. The summed E-state index contributed by atoms with van der Waals surface area (Å²) < 4.78 is 1.21. The van der Waals surface area contributed by atoms with Gasteiger partial charge in [0.15, 0.2) is 0 Å². The van der Waals surface area contributed by atoms with Crippen LogP contribution in [0.2, 0.25) is 0 Å². The first-order valence-electron chi connectivity index (χ1n) is 7.95. The first-order chi connectivity index (χ1) is 10.7. The van der Waals surface area contributed by atoms with Crippen LogP contribution in [0.4, 0.5) is 9.80 Å². The summed E-state index contributed by atoms with van der Waals surface area (Å²) >= 11 is 1.64. The van der Waals surface area contributed by atoms with Gasteiger partial charge in [-0.2, -0.15) is 0 Å². The molecule has 5 rings (SSSR count). The van der Waals surface area contributed by atoms with Crippen molar-refractivity contribution in [3.8, 4) is 0 Å². The minimum Gasteiger partial charge on any atom is -0.323 e. The van der Waals surface area contributed by atoms with E-state index in [0.717, 1.165) is 11.5 Å². The number of fused-ring (bicyclic) bond motifs is 4. The predicted octanol–water partition coefficient (Wildman–Crippen LogP) is 3.88. The Morgan fingerprint density at radius 3 is 2.70 bits per heavy atom. The van der Waals surface area contributed by atoms with E-state index in [0.29, 0.717) is 12.0 Å². The molecule has 1 N–H and O–H groups in total. The number of anilines is 1. The largest absolute Gasteiger partial charge is 0.323 e. The summed E-state index contributed by atoms with van der Waals surface area (Å²) in [5, 5.41) is 5.19. The fourth-order valence-electron chi connectivity index (χ4n) is 3.76. The minimum atomic E-state index is 0. The molecule has 1 atom stereocenters. The highest BCUT2D eigenvalue weighted by atomic mass is 35.5. The number of amides is 2. The lowest BCUT2D eigenvalue weighted by atomic mass is 9.83. The third-order valence-electron chi connectivity index (χ3n) is 5.10. The molecule has 1 aromatic carbocycles. The highest BCUT2D eigenvalue weighted by Crippen LogP contribution is 2.32. The Bertz CT molecular complexity index is 663. The molecule has 124 valence electrons. The first-order valence-corrected chi connectivity index (χ1v) is 8.77. The second kappa shape index (κ2) is 6.67. The third-order valence-corrected chi connectivity index (χ3v) is 6.13. The summed E-state index contributed by atoms with van der Waals surface area (Å²) in [7, 11) is 1.94. The van der Waals surface area contributed by atoms with Crippen molar-refractivity contribution in [2.75, 3.05) is 32.0 Å². The van der Waals surface area contributed by atoms with Gasteiger partial charge in [0.25, 0.3) is 0 Å². The van der Waals surface area contributed by atoms with Gasteiger partial charge >= 0.3 is 6.03 Å². The van der Waals surface area contributed by atoms with Crippen molar-refractivity contribution in [3.05, 3.63) is 30.3 Å². The molecule has 3 aliphatic rings. The summed E-state index contributed by atoms with van der Waals surface area (Å²) in [6, 6.07) is 10.7. The number of urea groups is 1. The molecule has 6 heteroatoms. The minimum absolute atomic E-state index is 0. The number of halogens is 1. The molecule has 3 fully saturated rings. The van der Waals surface area contributed by atoms with E-state index in [1.54, 1.807) is 11.3 Å². The van der Waals surface area contributed by atoms with Crippen molar-refractivity contribution < 1.29 is 4.79 Å². The summed E-state index contributed by atoms with van der Waals surface area (Å²) in [5.74, 6) is 0.670. The standard InChI is InChI=1S/C17H21N3OS.ClH/c1-19(14-11-20-8-6-12(14)7-9-20)17(21)18-16-10-13-4-2-3-5-15(13)22-16;/h2-5,10,12,14H,6-9,11H2,1H3,(H,18,21);1H/t14-;/m0./s1. The van der Waals surface area contributed by atoms with Gasteiger partial charge in [0.1, 0.15) is 0 Å². The SMILES string of the molecule is CN(C(=O)Nc1cc2ccccc2s1)[C@H]1CN2CCC1CC2.Cl. The number of carbonyl (C=O) groups excluding carboxylic acids is 1. The van der Waals surface area contributed by atoms with Crippen LogP contribution in [-0.2, 0) is 0 Å². The van der Waals surface area contributed by atoms with E-state index in [9.17, 15) is 4.79 Å². The number of likely N-dealkylation sites (N-methyl/N-ethyl adjacent to an activating group) is 1. The molecular formula is C17H22ClN3OS. The van der Waals surface area contributed by atoms with Crippen LogP contribution in [0.1, 0.15) is 12.8 Å². The highest BCUT2D eigenvalue weighted by molar-refractivity contribution is 7.22. The van der Waals surface area contributed by atoms with Crippen LogP contribution in [0.15, 0.2) is 30.3 Å². The van der Waals surface area contributed by atoms with Crippen molar-refractivity contribution in [1.29, 1.82) is 0 Å². The van der Waals surface area contributed by atoms with Gasteiger partial charge < -0.3 is 9.80 Å². The number of hydrogen-bond acceptors (Lipinski definition) is 3. The van der Waals surface area contributed by atoms with Gasteiger partial charge in [0.05, 0.1) is 5.00 Å². The maximum atomic E-state index is 12.6. The molecule has 0 unspecified atom stereocenters. The van der Waals surface area contributed by atoms with Crippen molar-refractivity contribution >= 4 is 44.9 Å². The number of nitrogens with zero attached hydrogens (tertiary/aromatic N) is 2. The number of benzene rings is 1. The zero-order valence-corrected chi connectivity index (χ0v) is 14.8. The van der Waals surface area contributed by atoms with Crippen molar-refractivity contribution in [3.63, 3.8) is 0 Å². The van der Waals surface area contributed by atoms with E-state index >= 15 is 0 Å². The van der Waals surface area contributed by atoms with Gasteiger partial charge in [0.2, 0.25) is 0 Å². The summed E-state index contributed by atoms with van der Waals surface area (Å²) in [6.45, 7) is 3.43. The number of thiophene rings is 1. The molecule has 0 radical (unpaired) electrons. The Labute approximate surface area is 146 Å². The van der Waals surface area contributed by atoms with E-state index in [1.807, 2.05) is 24.1 Å². The Kier molecular flexibility index (Phi) is 4.80. The molecule has 23 heavy (non-hydrogen) atoms. The van der Waals surface area contributed by atoms with Crippen LogP contribution < -0.4 is 5.32 Å². The van der Waals surface area contributed by atoms with Gasteiger partial charge in [0, 0.05) is 24.3 Å². The summed E-state index contributed by atoms with van der Waals surface area (Å²) in [4.78, 5) is 17.0. The van der Waals surface area contributed by atoms with Crippen LogP contribution in [0.5, 0.6) is 0 Å². The number of rotatable bonds is 2. The highest BCUT2D eigenvalue weighted by Gasteiger charge is 2.37. The molecule has 0 saturated carbocycles. The van der Waals surface area contributed by atoms with Crippen LogP contribution >= 0.6 is 23.7 Å². The maximum Gasteiger partial charge on any atom is 0.322 e. The fourth-order valence-corrected chi connectivity index (χ4v) is 4.71. The third kappa shape index (κ3) is 3.18. The van der Waals surface area contributed by atoms with E-state index < -0.39 is 0 Å². The quantitative estimate of drug-likeness (QED) is 0.891. The molecule has 2 bridgehead atoms. The number of hydrogen-bond donors (Lipinski definition) is 1. The first kappa shape index (κ1) is 16.6. The maximum absolute atomic E-state index is 12.6. The van der Waals surface area contributed by atoms with Crippen LogP contribution in [0.3, 0.4) is 0 Å².